The first kappa shape index (κ1) is 20.2. The largest absolute Gasteiger partial charge is 0.274 e. The first-order chi connectivity index (χ1) is 15.0. The molecule has 3 aromatic carbocycles. The number of imide groups is 1. The van der Waals surface area contributed by atoms with Crippen LogP contribution < -0.4 is 10.9 Å². The number of hydrazine groups is 1. The summed E-state index contributed by atoms with van der Waals surface area (Å²) in [6, 6.07) is 15.5. The summed E-state index contributed by atoms with van der Waals surface area (Å²) in [5, 5.41) is 1.48. The maximum Gasteiger partial charge on any atom is 0.269 e. The molecule has 0 unspecified atom stereocenters. The van der Waals surface area contributed by atoms with Gasteiger partial charge in [0.15, 0.2) is 0 Å². The van der Waals surface area contributed by atoms with E-state index in [2.05, 4.69) is 10.9 Å². The van der Waals surface area contributed by atoms with E-state index in [0.717, 1.165) is 22.4 Å². The Hall–Kier alpha value is -4.07. The molecule has 4 rings (SSSR count). The van der Waals surface area contributed by atoms with Gasteiger partial charge in [-0.1, -0.05) is 24.3 Å². The molecule has 1 aliphatic rings. The number of hydrogen-bond donors (Lipinski definition) is 2. The summed E-state index contributed by atoms with van der Waals surface area (Å²) < 4.78 is 12.9. The molecule has 156 valence electrons. The summed E-state index contributed by atoms with van der Waals surface area (Å²) >= 11 is 0. The highest BCUT2D eigenvalue weighted by Gasteiger charge is 2.32. The van der Waals surface area contributed by atoms with Gasteiger partial charge in [0, 0.05) is 35.0 Å². The lowest BCUT2D eigenvalue weighted by Crippen LogP contribution is -2.43. The number of amides is 4. The van der Waals surface area contributed by atoms with Gasteiger partial charge in [0.1, 0.15) is 5.82 Å². The van der Waals surface area contributed by atoms with E-state index in [1.54, 1.807) is 24.3 Å². The van der Waals surface area contributed by atoms with Crippen LogP contribution in [0.5, 0.6) is 0 Å². The average Bonchev–Trinajstić information content (AvgIpc) is 2.78. The van der Waals surface area contributed by atoms with Crippen LogP contribution in [0.2, 0.25) is 0 Å². The molecule has 0 fully saturated rings. The smallest absolute Gasteiger partial charge is 0.269 e. The Labute approximate surface area is 176 Å². The second kappa shape index (κ2) is 8.35. The molecule has 0 radical (unpaired) electrons. The van der Waals surface area contributed by atoms with Gasteiger partial charge in [-0.25, -0.2) is 4.39 Å². The van der Waals surface area contributed by atoms with E-state index in [9.17, 15) is 23.6 Å². The van der Waals surface area contributed by atoms with Gasteiger partial charge in [-0.05, 0) is 48.2 Å². The number of benzene rings is 3. The number of carbonyl (C=O) groups excluding carboxylic acids is 4. The van der Waals surface area contributed by atoms with Gasteiger partial charge in [-0.3, -0.25) is 34.9 Å². The summed E-state index contributed by atoms with van der Waals surface area (Å²) in [4.78, 5) is 50.7. The molecule has 1 heterocycles. The molecule has 0 atom stereocenters. The zero-order valence-corrected chi connectivity index (χ0v) is 16.4. The fraction of sp³-hybridized carbons (Fsp3) is 0.130. The van der Waals surface area contributed by atoms with Crippen molar-refractivity contribution in [1.29, 1.82) is 0 Å². The second-order valence-electron chi connectivity index (χ2n) is 7.08. The van der Waals surface area contributed by atoms with Gasteiger partial charge in [-0.2, -0.15) is 0 Å². The fourth-order valence-corrected chi connectivity index (χ4v) is 3.54. The van der Waals surface area contributed by atoms with Crippen molar-refractivity contribution in [3.63, 3.8) is 0 Å². The van der Waals surface area contributed by atoms with Crippen molar-refractivity contribution >= 4 is 34.4 Å². The van der Waals surface area contributed by atoms with Crippen LogP contribution in [0.1, 0.15) is 43.9 Å². The van der Waals surface area contributed by atoms with Crippen molar-refractivity contribution in [3.8, 4) is 0 Å². The van der Waals surface area contributed by atoms with Crippen molar-refractivity contribution < 1.29 is 23.6 Å². The van der Waals surface area contributed by atoms with E-state index in [1.165, 1.54) is 12.1 Å². The highest BCUT2D eigenvalue weighted by molar-refractivity contribution is 6.25. The molecular weight excluding hydrogens is 401 g/mol. The van der Waals surface area contributed by atoms with Gasteiger partial charge < -0.3 is 0 Å². The van der Waals surface area contributed by atoms with Gasteiger partial charge in [0.25, 0.3) is 17.7 Å². The molecule has 0 bridgehead atoms. The Morgan fingerprint density at radius 3 is 2.06 bits per heavy atom. The molecule has 4 amide bonds. The van der Waals surface area contributed by atoms with Crippen molar-refractivity contribution in [2.45, 2.75) is 12.8 Å². The predicted octanol–water partition coefficient (Wildman–Crippen LogP) is 2.82. The normalized spacial score (nSPS) is 12.7. The number of carbonyl (C=O) groups is 4. The van der Waals surface area contributed by atoms with Crippen molar-refractivity contribution in [2.24, 2.45) is 0 Å². The third-order valence-corrected chi connectivity index (χ3v) is 5.06. The highest BCUT2D eigenvalue weighted by atomic mass is 19.1. The molecule has 7 nitrogen and oxygen atoms in total. The molecule has 1 aliphatic heterocycles. The molecule has 2 N–H and O–H groups in total. The van der Waals surface area contributed by atoms with Crippen molar-refractivity contribution in [3.05, 3.63) is 83.2 Å². The maximum atomic E-state index is 12.9. The number of nitrogens with zero attached hydrogens (tertiary/aromatic N) is 1. The second-order valence-corrected chi connectivity index (χ2v) is 7.08. The quantitative estimate of drug-likeness (QED) is 0.491. The fourth-order valence-electron chi connectivity index (χ4n) is 3.54. The topological polar surface area (TPSA) is 95.6 Å². The first-order valence-corrected chi connectivity index (χ1v) is 9.68. The number of hydrogen-bond acceptors (Lipinski definition) is 4. The monoisotopic (exact) mass is 419 g/mol. The van der Waals surface area contributed by atoms with Gasteiger partial charge >= 0.3 is 0 Å². The SMILES string of the molecule is O=C(CCCN1C(=O)c2cccc3cccc(c23)C1=O)NNC(=O)c1ccc(F)cc1. The summed E-state index contributed by atoms with van der Waals surface area (Å²) in [5.41, 5.74) is 5.63. The lowest BCUT2D eigenvalue weighted by molar-refractivity contribution is -0.122. The van der Waals surface area contributed by atoms with Gasteiger partial charge in [-0.15, -0.1) is 0 Å². The van der Waals surface area contributed by atoms with Gasteiger partial charge in [0.2, 0.25) is 5.91 Å². The van der Waals surface area contributed by atoms with Crippen LogP contribution in [0, 0.1) is 5.82 Å². The summed E-state index contributed by atoms with van der Waals surface area (Å²) in [7, 11) is 0. The van der Waals surface area contributed by atoms with E-state index in [4.69, 9.17) is 0 Å². The molecular formula is C23H18FN3O4. The first-order valence-electron chi connectivity index (χ1n) is 9.68. The lowest BCUT2D eigenvalue weighted by Gasteiger charge is -2.27. The lowest BCUT2D eigenvalue weighted by atomic mass is 9.94. The molecule has 0 aliphatic carbocycles. The van der Waals surface area contributed by atoms with Crippen molar-refractivity contribution in [2.75, 3.05) is 6.54 Å². The maximum absolute atomic E-state index is 12.9. The molecule has 0 spiro atoms. The summed E-state index contributed by atoms with van der Waals surface area (Å²) in [5.74, 6) is -2.31. The van der Waals surface area contributed by atoms with Crippen LogP contribution in [-0.2, 0) is 4.79 Å². The van der Waals surface area contributed by atoms with E-state index >= 15 is 0 Å². The van der Waals surface area contributed by atoms with E-state index in [-0.39, 0.29) is 36.8 Å². The van der Waals surface area contributed by atoms with Crippen molar-refractivity contribution in [1.82, 2.24) is 15.8 Å². The minimum absolute atomic E-state index is 0.00734. The Bertz CT molecular complexity index is 1160. The van der Waals surface area contributed by atoms with E-state index in [1.807, 2.05) is 12.1 Å². The number of halogens is 1. The molecule has 8 heteroatoms. The van der Waals surface area contributed by atoms with Gasteiger partial charge in [0.05, 0.1) is 0 Å². The Morgan fingerprint density at radius 1 is 0.839 bits per heavy atom. The van der Waals surface area contributed by atoms with Crippen LogP contribution in [0.3, 0.4) is 0 Å². The van der Waals surface area contributed by atoms with Crippen LogP contribution in [0.15, 0.2) is 60.7 Å². The Kier molecular flexibility index (Phi) is 5.44. The minimum Gasteiger partial charge on any atom is -0.274 e. The standard InChI is InChI=1S/C23H18FN3O4/c24-16-11-9-15(10-12-16)21(29)26-25-19(28)8-3-13-27-22(30)17-6-1-4-14-5-2-7-18(20(14)17)23(27)31/h1-2,4-7,9-12H,3,8,13H2,(H,25,28)(H,26,29). The summed E-state index contributed by atoms with van der Waals surface area (Å²) in [6.07, 6.45) is 0.223. The minimum atomic E-state index is -0.584. The predicted molar refractivity (Wildman–Crippen MR) is 111 cm³/mol. The Balaban J connectivity index is 1.33. The molecule has 0 saturated carbocycles. The zero-order chi connectivity index (χ0) is 22.0. The van der Waals surface area contributed by atoms with E-state index < -0.39 is 17.6 Å². The average molecular weight is 419 g/mol. The third-order valence-electron chi connectivity index (χ3n) is 5.06. The van der Waals surface area contributed by atoms with Crippen LogP contribution in [0.25, 0.3) is 10.8 Å². The third kappa shape index (κ3) is 4.00. The molecule has 0 saturated heterocycles. The number of nitrogens with one attached hydrogen (secondary N) is 2. The number of rotatable bonds is 5. The van der Waals surface area contributed by atoms with Crippen LogP contribution >= 0.6 is 0 Å². The molecule has 0 aromatic heterocycles. The summed E-state index contributed by atoms with van der Waals surface area (Å²) in [6.45, 7) is 0.0711. The molecule has 3 aromatic rings. The van der Waals surface area contributed by atoms with E-state index in [0.29, 0.717) is 16.5 Å². The highest BCUT2D eigenvalue weighted by Crippen LogP contribution is 2.29. The van der Waals surface area contributed by atoms with Crippen LogP contribution in [-0.4, -0.2) is 35.1 Å². The zero-order valence-electron chi connectivity index (χ0n) is 16.4. The van der Waals surface area contributed by atoms with Crippen LogP contribution in [0.4, 0.5) is 4.39 Å². The Morgan fingerprint density at radius 2 is 1.45 bits per heavy atom. The molecule has 31 heavy (non-hydrogen) atoms.